The van der Waals surface area contributed by atoms with Crippen molar-refractivity contribution in [3.8, 4) is 0 Å². The molecule has 17 heavy (non-hydrogen) atoms. The molecular formula is C10H17F3N2O2. The summed E-state index contributed by atoms with van der Waals surface area (Å²) in [4.78, 5) is 12.0. The number of alkyl halides is 3. The van der Waals surface area contributed by atoms with Gasteiger partial charge in [-0.1, -0.05) is 0 Å². The predicted molar refractivity (Wildman–Crippen MR) is 55.8 cm³/mol. The van der Waals surface area contributed by atoms with E-state index in [1.165, 1.54) is 4.90 Å². The first-order valence-electron chi connectivity index (χ1n) is 5.42. The highest BCUT2D eigenvalue weighted by molar-refractivity contribution is 5.68. The number of carboxylic acids is 1. The SMILES string of the molecule is CC(C)N(CC(F)(F)F)C1(CC(=O)O)CNC1. The number of nitrogens with zero attached hydrogens (tertiary/aromatic N) is 1. The Kier molecular flexibility index (Phi) is 4.03. The molecule has 1 aliphatic heterocycles. The normalized spacial score (nSPS) is 19.5. The van der Waals surface area contributed by atoms with Crippen LogP contribution < -0.4 is 5.32 Å². The number of rotatable bonds is 5. The number of hydrogen-bond acceptors (Lipinski definition) is 3. The van der Waals surface area contributed by atoms with Gasteiger partial charge in [0.25, 0.3) is 0 Å². The average Bonchev–Trinajstić information content (AvgIpc) is 2.05. The van der Waals surface area contributed by atoms with Gasteiger partial charge >= 0.3 is 12.1 Å². The minimum atomic E-state index is -4.31. The van der Waals surface area contributed by atoms with E-state index in [1.54, 1.807) is 13.8 Å². The Morgan fingerprint density at radius 3 is 2.24 bits per heavy atom. The van der Waals surface area contributed by atoms with Gasteiger partial charge in [-0.25, -0.2) is 0 Å². The number of carbonyl (C=O) groups is 1. The maximum atomic E-state index is 12.5. The van der Waals surface area contributed by atoms with Gasteiger partial charge < -0.3 is 10.4 Å². The molecule has 0 aromatic heterocycles. The van der Waals surface area contributed by atoms with Crippen LogP contribution in [0.15, 0.2) is 0 Å². The Labute approximate surface area is 97.8 Å². The third kappa shape index (κ3) is 3.57. The van der Waals surface area contributed by atoms with Crippen LogP contribution in [-0.2, 0) is 4.79 Å². The summed E-state index contributed by atoms with van der Waals surface area (Å²) >= 11 is 0. The second-order valence-corrected chi connectivity index (χ2v) is 4.74. The summed E-state index contributed by atoms with van der Waals surface area (Å²) in [5.41, 5.74) is -0.907. The first-order chi connectivity index (χ1) is 7.66. The van der Waals surface area contributed by atoms with E-state index < -0.39 is 24.2 Å². The van der Waals surface area contributed by atoms with E-state index in [1.807, 2.05) is 0 Å². The smallest absolute Gasteiger partial charge is 0.401 e. The van der Waals surface area contributed by atoms with Crippen LogP contribution in [0.3, 0.4) is 0 Å². The summed E-state index contributed by atoms with van der Waals surface area (Å²) in [5, 5.41) is 11.7. The Morgan fingerprint density at radius 1 is 1.47 bits per heavy atom. The molecule has 0 aromatic carbocycles. The van der Waals surface area contributed by atoms with Gasteiger partial charge in [-0.05, 0) is 13.8 Å². The molecule has 1 aliphatic rings. The Bertz CT molecular complexity index is 288. The van der Waals surface area contributed by atoms with Crippen molar-refractivity contribution in [1.29, 1.82) is 0 Å². The van der Waals surface area contributed by atoms with Crippen molar-refractivity contribution >= 4 is 5.97 Å². The van der Waals surface area contributed by atoms with Gasteiger partial charge in [-0.3, -0.25) is 9.69 Å². The quantitative estimate of drug-likeness (QED) is 0.770. The first kappa shape index (κ1) is 14.2. The molecule has 100 valence electrons. The fourth-order valence-corrected chi connectivity index (χ4v) is 2.22. The van der Waals surface area contributed by atoms with Crippen LogP contribution in [0, 0.1) is 0 Å². The third-order valence-electron chi connectivity index (χ3n) is 2.97. The zero-order chi connectivity index (χ0) is 13.3. The van der Waals surface area contributed by atoms with Crippen molar-refractivity contribution in [3.63, 3.8) is 0 Å². The minimum Gasteiger partial charge on any atom is -0.481 e. The van der Waals surface area contributed by atoms with Crippen LogP contribution >= 0.6 is 0 Å². The molecule has 0 saturated carbocycles. The summed E-state index contributed by atoms with van der Waals surface area (Å²) in [6.45, 7) is 2.79. The largest absolute Gasteiger partial charge is 0.481 e. The maximum absolute atomic E-state index is 12.5. The van der Waals surface area contributed by atoms with Gasteiger partial charge in [0.15, 0.2) is 0 Å². The van der Waals surface area contributed by atoms with Gasteiger partial charge in [0.2, 0.25) is 0 Å². The zero-order valence-electron chi connectivity index (χ0n) is 9.84. The molecule has 7 heteroatoms. The molecule has 0 unspecified atom stereocenters. The van der Waals surface area contributed by atoms with E-state index in [4.69, 9.17) is 5.11 Å². The molecule has 2 N–H and O–H groups in total. The summed E-state index contributed by atoms with van der Waals surface area (Å²) in [6.07, 6.45) is -4.58. The van der Waals surface area contributed by atoms with E-state index in [2.05, 4.69) is 5.32 Å². The van der Waals surface area contributed by atoms with Crippen LogP contribution in [0.25, 0.3) is 0 Å². The van der Waals surface area contributed by atoms with Gasteiger partial charge in [0, 0.05) is 19.1 Å². The van der Waals surface area contributed by atoms with Crippen LogP contribution in [0.2, 0.25) is 0 Å². The van der Waals surface area contributed by atoms with E-state index in [0.717, 1.165) is 0 Å². The highest BCUT2D eigenvalue weighted by Crippen LogP contribution is 2.30. The fraction of sp³-hybridized carbons (Fsp3) is 0.900. The number of carboxylic acid groups (broad SMARTS) is 1. The summed E-state index contributed by atoms with van der Waals surface area (Å²) in [6, 6.07) is -0.349. The van der Waals surface area contributed by atoms with Crippen molar-refractivity contribution in [2.75, 3.05) is 19.6 Å². The minimum absolute atomic E-state index is 0.270. The third-order valence-corrected chi connectivity index (χ3v) is 2.97. The van der Waals surface area contributed by atoms with Crippen molar-refractivity contribution < 1.29 is 23.1 Å². The van der Waals surface area contributed by atoms with Crippen molar-refractivity contribution in [2.45, 2.75) is 38.0 Å². The molecule has 0 atom stereocenters. The molecule has 1 fully saturated rings. The van der Waals surface area contributed by atoms with Crippen LogP contribution in [-0.4, -0.2) is 53.4 Å². The van der Waals surface area contributed by atoms with Crippen LogP contribution in [0.1, 0.15) is 20.3 Å². The van der Waals surface area contributed by atoms with Gasteiger partial charge in [-0.15, -0.1) is 0 Å². The van der Waals surface area contributed by atoms with Crippen molar-refractivity contribution in [1.82, 2.24) is 10.2 Å². The van der Waals surface area contributed by atoms with E-state index in [9.17, 15) is 18.0 Å². The lowest BCUT2D eigenvalue weighted by Gasteiger charge is -2.52. The highest BCUT2D eigenvalue weighted by Gasteiger charge is 2.48. The van der Waals surface area contributed by atoms with E-state index >= 15 is 0 Å². The zero-order valence-corrected chi connectivity index (χ0v) is 9.84. The number of nitrogens with one attached hydrogen (secondary N) is 1. The lowest BCUT2D eigenvalue weighted by atomic mass is 9.85. The predicted octanol–water partition coefficient (Wildman–Crippen LogP) is 1.08. The van der Waals surface area contributed by atoms with E-state index in [-0.39, 0.29) is 25.6 Å². The Balaban J connectivity index is 2.84. The maximum Gasteiger partial charge on any atom is 0.401 e. The van der Waals surface area contributed by atoms with Crippen molar-refractivity contribution in [3.05, 3.63) is 0 Å². The van der Waals surface area contributed by atoms with E-state index in [0.29, 0.717) is 0 Å². The summed E-state index contributed by atoms with van der Waals surface area (Å²) in [7, 11) is 0. The van der Waals surface area contributed by atoms with Gasteiger partial charge in [0.05, 0.1) is 18.5 Å². The van der Waals surface area contributed by atoms with Crippen molar-refractivity contribution in [2.24, 2.45) is 0 Å². The molecule has 0 bridgehead atoms. The number of hydrogen-bond donors (Lipinski definition) is 2. The molecule has 1 heterocycles. The molecule has 0 amide bonds. The molecule has 0 spiro atoms. The second kappa shape index (κ2) is 4.81. The summed E-state index contributed by atoms with van der Waals surface area (Å²) in [5.74, 6) is -1.07. The topological polar surface area (TPSA) is 52.6 Å². The average molecular weight is 254 g/mol. The Hall–Kier alpha value is -0.820. The van der Waals surface area contributed by atoms with Crippen LogP contribution in [0.5, 0.6) is 0 Å². The lowest BCUT2D eigenvalue weighted by molar-refractivity contribution is -0.175. The molecule has 0 aliphatic carbocycles. The lowest BCUT2D eigenvalue weighted by Crippen LogP contribution is -2.72. The fourth-order valence-electron chi connectivity index (χ4n) is 2.22. The highest BCUT2D eigenvalue weighted by atomic mass is 19.4. The van der Waals surface area contributed by atoms with Crippen LogP contribution in [0.4, 0.5) is 13.2 Å². The molecule has 0 aromatic rings. The van der Waals surface area contributed by atoms with Gasteiger partial charge in [-0.2, -0.15) is 13.2 Å². The molecule has 0 radical (unpaired) electrons. The second-order valence-electron chi connectivity index (χ2n) is 4.74. The first-order valence-corrected chi connectivity index (χ1v) is 5.42. The monoisotopic (exact) mass is 254 g/mol. The summed E-state index contributed by atoms with van der Waals surface area (Å²) < 4.78 is 37.5. The molecule has 4 nitrogen and oxygen atoms in total. The molecular weight excluding hydrogens is 237 g/mol. The molecule has 1 rings (SSSR count). The number of aliphatic carboxylic acids is 1. The Morgan fingerprint density at radius 2 is 2.00 bits per heavy atom. The standard InChI is InChI=1S/C10H17F3N2O2/c1-7(2)15(6-10(11,12)13)9(3-8(16)17)4-14-5-9/h7,14H,3-6H2,1-2H3,(H,16,17). The molecule has 1 saturated heterocycles. The van der Waals surface area contributed by atoms with Gasteiger partial charge in [0.1, 0.15) is 0 Å². The number of halogens is 3.